The van der Waals surface area contributed by atoms with E-state index < -0.39 is 0 Å². The van der Waals surface area contributed by atoms with Crippen molar-refractivity contribution in [2.24, 2.45) is 0 Å². The van der Waals surface area contributed by atoms with Gasteiger partial charge < -0.3 is 14.7 Å². The van der Waals surface area contributed by atoms with Gasteiger partial charge in [-0.25, -0.2) is 0 Å². The molecule has 0 atom stereocenters. The summed E-state index contributed by atoms with van der Waals surface area (Å²) in [5, 5.41) is 6.54. The summed E-state index contributed by atoms with van der Waals surface area (Å²) in [4.78, 5) is 29.4. The van der Waals surface area contributed by atoms with Crippen molar-refractivity contribution in [3.63, 3.8) is 0 Å². The smallest absolute Gasteiger partial charge is 0.239 e. The molecule has 0 saturated carbocycles. The van der Waals surface area contributed by atoms with Crippen LogP contribution in [-0.2, 0) is 16.0 Å². The van der Waals surface area contributed by atoms with Crippen LogP contribution >= 0.6 is 0 Å². The highest BCUT2D eigenvalue weighted by atomic mass is 16.5. The number of carbonyl (C=O) groups excluding carboxylic acids is 2. The first-order valence-corrected chi connectivity index (χ1v) is 7.34. The van der Waals surface area contributed by atoms with Gasteiger partial charge in [-0.3, -0.25) is 9.59 Å². The van der Waals surface area contributed by atoms with Gasteiger partial charge in [0.1, 0.15) is 0 Å². The number of nitrogens with zero attached hydrogens (tertiary/aromatic N) is 3. The third-order valence-corrected chi connectivity index (χ3v) is 3.00. The van der Waals surface area contributed by atoms with Gasteiger partial charge in [0, 0.05) is 31.8 Å². The molecule has 0 aliphatic rings. The summed E-state index contributed by atoms with van der Waals surface area (Å²) in [5.74, 6) is 1.07. The van der Waals surface area contributed by atoms with E-state index in [9.17, 15) is 9.59 Å². The van der Waals surface area contributed by atoms with Crippen LogP contribution in [0.5, 0.6) is 0 Å². The highest BCUT2D eigenvalue weighted by Crippen LogP contribution is 2.11. The Morgan fingerprint density at radius 2 is 2.05 bits per heavy atom. The number of aryl methyl sites for hydroxylation is 1. The van der Waals surface area contributed by atoms with Gasteiger partial charge in [0.05, 0.1) is 6.54 Å². The molecule has 0 radical (unpaired) electrons. The number of hydrogen-bond acceptors (Lipinski definition) is 5. The summed E-state index contributed by atoms with van der Waals surface area (Å²) in [5.41, 5.74) is 0. The van der Waals surface area contributed by atoms with Crippen LogP contribution < -0.4 is 5.32 Å². The average Bonchev–Trinajstić information content (AvgIpc) is 2.91. The van der Waals surface area contributed by atoms with Gasteiger partial charge in [0.2, 0.25) is 17.7 Å². The Hall–Kier alpha value is -1.92. The molecule has 1 heterocycles. The van der Waals surface area contributed by atoms with Crippen LogP contribution in [0.25, 0.3) is 0 Å². The molecule has 0 aliphatic heterocycles. The molecule has 7 heteroatoms. The van der Waals surface area contributed by atoms with Gasteiger partial charge in [-0.2, -0.15) is 4.98 Å². The quantitative estimate of drug-likeness (QED) is 0.776. The molecular weight excluding hydrogens is 272 g/mol. The van der Waals surface area contributed by atoms with E-state index in [0.717, 1.165) is 0 Å². The van der Waals surface area contributed by atoms with Crippen LogP contribution in [-0.4, -0.2) is 46.5 Å². The first-order chi connectivity index (χ1) is 9.97. The molecule has 7 nitrogen and oxygen atoms in total. The van der Waals surface area contributed by atoms with E-state index in [1.807, 2.05) is 27.7 Å². The minimum Gasteiger partial charge on any atom is -0.355 e. The van der Waals surface area contributed by atoms with E-state index in [1.165, 1.54) is 4.90 Å². The van der Waals surface area contributed by atoms with E-state index >= 15 is 0 Å². The van der Waals surface area contributed by atoms with Crippen LogP contribution in [0.2, 0.25) is 0 Å². The molecule has 0 spiro atoms. The number of aromatic nitrogens is 2. The highest BCUT2D eigenvalue weighted by molar-refractivity contribution is 5.84. The third-order valence-electron chi connectivity index (χ3n) is 3.00. The van der Waals surface area contributed by atoms with E-state index in [1.54, 1.807) is 0 Å². The third kappa shape index (κ3) is 5.53. The molecule has 0 unspecified atom stereocenters. The monoisotopic (exact) mass is 296 g/mol. The van der Waals surface area contributed by atoms with Gasteiger partial charge in [-0.05, 0) is 13.8 Å². The fourth-order valence-electron chi connectivity index (χ4n) is 1.78. The molecule has 1 aromatic heterocycles. The minimum absolute atomic E-state index is 0.0876. The highest BCUT2D eigenvalue weighted by Gasteiger charge is 2.17. The van der Waals surface area contributed by atoms with Crippen LogP contribution in [0.1, 0.15) is 51.7 Å². The van der Waals surface area contributed by atoms with E-state index in [0.29, 0.717) is 31.2 Å². The van der Waals surface area contributed by atoms with Crippen molar-refractivity contribution < 1.29 is 14.1 Å². The number of carbonyl (C=O) groups is 2. The Morgan fingerprint density at radius 1 is 1.33 bits per heavy atom. The number of rotatable bonds is 8. The van der Waals surface area contributed by atoms with Gasteiger partial charge >= 0.3 is 0 Å². The molecule has 118 valence electrons. The number of nitrogens with one attached hydrogen (secondary N) is 1. The summed E-state index contributed by atoms with van der Waals surface area (Å²) in [6.07, 6.45) is 0.650. The van der Waals surface area contributed by atoms with E-state index in [-0.39, 0.29) is 30.7 Å². The number of amides is 2. The molecule has 0 aromatic carbocycles. The maximum Gasteiger partial charge on any atom is 0.239 e. The van der Waals surface area contributed by atoms with Crippen molar-refractivity contribution in [3.05, 3.63) is 11.7 Å². The van der Waals surface area contributed by atoms with Crippen molar-refractivity contribution in [3.8, 4) is 0 Å². The largest absolute Gasteiger partial charge is 0.355 e. The Bertz CT molecular complexity index is 471. The van der Waals surface area contributed by atoms with E-state index in [4.69, 9.17) is 4.52 Å². The molecule has 1 rings (SSSR count). The van der Waals surface area contributed by atoms with Crippen molar-refractivity contribution in [2.45, 2.75) is 46.5 Å². The zero-order valence-corrected chi connectivity index (χ0v) is 13.2. The Kier molecular flexibility index (Phi) is 6.84. The summed E-state index contributed by atoms with van der Waals surface area (Å²) < 4.78 is 5.10. The van der Waals surface area contributed by atoms with Crippen LogP contribution in [0, 0.1) is 0 Å². The van der Waals surface area contributed by atoms with Crippen molar-refractivity contribution in [1.29, 1.82) is 0 Å². The molecule has 21 heavy (non-hydrogen) atoms. The van der Waals surface area contributed by atoms with E-state index in [2.05, 4.69) is 15.5 Å². The number of likely N-dealkylation sites (N-methyl/N-ethyl adjacent to an activating group) is 2. The molecule has 2 amide bonds. The second-order valence-electron chi connectivity index (χ2n) is 5.06. The standard InChI is InChI=1S/C14H24N4O3/c1-5-15-11(19)9-18(6-2)13(20)8-7-12-16-14(10(3)4)17-21-12/h10H,5-9H2,1-4H3,(H,15,19). The first-order valence-electron chi connectivity index (χ1n) is 7.34. The zero-order chi connectivity index (χ0) is 15.8. The second kappa shape index (κ2) is 8.39. The zero-order valence-electron chi connectivity index (χ0n) is 13.2. The molecule has 1 aromatic rings. The van der Waals surface area contributed by atoms with Gasteiger partial charge in [0.15, 0.2) is 5.82 Å². The summed E-state index contributed by atoms with van der Waals surface area (Å²) in [6, 6.07) is 0. The van der Waals surface area contributed by atoms with Crippen LogP contribution in [0.15, 0.2) is 4.52 Å². The van der Waals surface area contributed by atoms with Gasteiger partial charge in [-0.15, -0.1) is 0 Å². The van der Waals surface area contributed by atoms with Gasteiger partial charge in [0.25, 0.3) is 0 Å². The average molecular weight is 296 g/mol. The van der Waals surface area contributed by atoms with Crippen molar-refractivity contribution in [1.82, 2.24) is 20.4 Å². The normalized spacial score (nSPS) is 10.7. The fourth-order valence-corrected chi connectivity index (χ4v) is 1.78. The maximum atomic E-state index is 12.1. The molecule has 0 saturated heterocycles. The Morgan fingerprint density at radius 3 is 2.57 bits per heavy atom. The van der Waals surface area contributed by atoms with Crippen LogP contribution in [0.3, 0.4) is 0 Å². The summed E-state index contributed by atoms with van der Waals surface area (Å²) in [6.45, 7) is 8.79. The predicted octanol–water partition coefficient (Wildman–Crippen LogP) is 1.11. The maximum absolute atomic E-state index is 12.1. The topological polar surface area (TPSA) is 88.3 Å². The molecule has 1 N–H and O–H groups in total. The molecule has 0 aliphatic carbocycles. The van der Waals surface area contributed by atoms with Crippen LogP contribution in [0.4, 0.5) is 0 Å². The lowest BCUT2D eigenvalue weighted by atomic mass is 10.2. The second-order valence-corrected chi connectivity index (χ2v) is 5.06. The number of hydrogen-bond donors (Lipinski definition) is 1. The predicted molar refractivity (Wildman–Crippen MR) is 77.6 cm³/mol. The molecule has 0 fully saturated rings. The lowest BCUT2D eigenvalue weighted by molar-refractivity contribution is -0.135. The molecule has 0 bridgehead atoms. The van der Waals surface area contributed by atoms with Crippen molar-refractivity contribution >= 4 is 11.8 Å². The lowest BCUT2D eigenvalue weighted by Crippen LogP contribution is -2.40. The Balaban J connectivity index is 2.48. The fraction of sp³-hybridized carbons (Fsp3) is 0.714. The molecular formula is C14H24N4O3. The van der Waals surface area contributed by atoms with Crippen molar-refractivity contribution in [2.75, 3.05) is 19.6 Å². The lowest BCUT2D eigenvalue weighted by Gasteiger charge is -2.19. The summed E-state index contributed by atoms with van der Waals surface area (Å²) in [7, 11) is 0. The summed E-state index contributed by atoms with van der Waals surface area (Å²) >= 11 is 0. The van der Waals surface area contributed by atoms with Gasteiger partial charge in [-0.1, -0.05) is 19.0 Å². The SMILES string of the molecule is CCNC(=O)CN(CC)C(=O)CCc1nc(C(C)C)no1. The minimum atomic E-state index is -0.146. The Labute approximate surface area is 125 Å². The first kappa shape index (κ1) is 17.1.